The highest BCUT2D eigenvalue weighted by Crippen LogP contribution is 2.34. The van der Waals surface area contributed by atoms with Crippen molar-refractivity contribution in [2.75, 3.05) is 6.79 Å². The van der Waals surface area contributed by atoms with Crippen molar-refractivity contribution in [3.63, 3.8) is 0 Å². The molecule has 3 rings (SSSR count). The van der Waals surface area contributed by atoms with Gasteiger partial charge in [-0.3, -0.25) is 10.1 Å². The van der Waals surface area contributed by atoms with Crippen LogP contribution in [-0.4, -0.2) is 17.9 Å². The summed E-state index contributed by atoms with van der Waals surface area (Å²) in [4.78, 5) is 11.5. The van der Waals surface area contributed by atoms with Gasteiger partial charge < -0.3 is 14.6 Å². The number of benzene rings is 2. The third-order valence-corrected chi connectivity index (χ3v) is 3.61. The second kappa shape index (κ2) is 6.07. The minimum atomic E-state index is -0.925. The fourth-order valence-corrected chi connectivity index (χ4v) is 2.37. The Balaban J connectivity index is 1.75. The molecule has 1 unspecified atom stereocenters. The summed E-state index contributed by atoms with van der Waals surface area (Å²) >= 11 is 0. The molecule has 0 bridgehead atoms. The molecule has 0 amide bonds. The molecular formula is C17H17NO4. The summed E-state index contributed by atoms with van der Waals surface area (Å²) in [5.74, 6) is 0.304. The molecule has 0 fully saturated rings. The minimum absolute atomic E-state index is 0.174. The van der Waals surface area contributed by atoms with E-state index in [4.69, 9.17) is 9.47 Å². The molecule has 1 atom stereocenters. The molecule has 5 heteroatoms. The fourth-order valence-electron chi connectivity index (χ4n) is 2.37. The first kappa shape index (κ1) is 14.4. The van der Waals surface area contributed by atoms with Gasteiger partial charge in [-0.25, -0.2) is 0 Å². The van der Waals surface area contributed by atoms with Crippen LogP contribution in [0.25, 0.3) is 0 Å². The van der Waals surface area contributed by atoms with Gasteiger partial charge in [0.25, 0.3) is 0 Å². The maximum absolute atomic E-state index is 11.5. The third kappa shape index (κ3) is 3.04. The van der Waals surface area contributed by atoms with Crippen molar-refractivity contribution >= 4 is 5.97 Å². The maximum Gasteiger partial charge on any atom is 0.325 e. The first-order valence-electron chi connectivity index (χ1n) is 7.05. The van der Waals surface area contributed by atoms with Gasteiger partial charge in [-0.15, -0.1) is 0 Å². The van der Waals surface area contributed by atoms with Gasteiger partial charge in [-0.1, -0.05) is 35.9 Å². The molecule has 5 nitrogen and oxygen atoms in total. The predicted molar refractivity (Wildman–Crippen MR) is 81.0 cm³/mol. The molecule has 22 heavy (non-hydrogen) atoms. The van der Waals surface area contributed by atoms with E-state index in [9.17, 15) is 9.90 Å². The van der Waals surface area contributed by atoms with Crippen LogP contribution in [0.2, 0.25) is 0 Å². The zero-order chi connectivity index (χ0) is 15.5. The van der Waals surface area contributed by atoms with Crippen LogP contribution in [-0.2, 0) is 11.3 Å². The van der Waals surface area contributed by atoms with E-state index in [0.29, 0.717) is 23.6 Å². The van der Waals surface area contributed by atoms with E-state index < -0.39 is 12.0 Å². The molecule has 114 valence electrons. The van der Waals surface area contributed by atoms with Gasteiger partial charge >= 0.3 is 5.97 Å². The molecule has 0 spiro atoms. The van der Waals surface area contributed by atoms with E-state index >= 15 is 0 Å². The second-order valence-corrected chi connectivity index (χ2v) is 5.25. The van der Waals surface area contributed by atoms with Crippen molar-refractivity contribution in [3.05, 3.63) is 59.2 Å². The highest BCUT2D eigenvalue weighted by molar-refractivity contribution is 5.76. The average molecular weight is 299 g/mol. The van der Waals surface area contributed by atoms with E-state index in [1.807, 2.05) is 31.2 Å². The van der Waals surface area contributed by atoms with Gasteiger partial charge in [0.1, 0.15) is 6.04 Å². The van der Waals surface area contributed by atoms with Crippen molar-refractivity contribution in [1.82, 2.24) is 5.32 Å². The van der Waals surface area contributed by atoms with Crippen LogP contribution in [0.5, 0.6) is 11.5 Å². The zero-order valence-electron chi connectivity index (χ0n) is 12.2. The largest absolute Gasteiger partial charge is 0.480 e. The molecule has 0 aliphatic carbocycles. The number of carboxylic acid groups (broad SMARTS) is 1. The lowest BCUT2D eigenvalue weighted by Gasteiger charge is -2.15. The van der Waals surface area contributed by atoms with E-state index in [1.54, 1.807) is 18.2 Å². The number of fused-ring (bicyclic) bond motifs is 1. The van der Waals surface area contributed by atoms with Crippen LogP contribution in [0.15, 0.2) is 42.5 Å². The minimum Gasteiger partial charge on any atom is -0.480 e. The summed E-state index contributed by atoms with van der Waals surface area (Å²) in [5.41, 5.74) is 2.86. The quantitative estimate of drug-likeness (QED) is 0.888. The van der Waals surface area contributed by atoms with Crippen molar-refractivity contribution in [3.8, 4) is 11.5 Å². The lowest BCUT2D eigenvalue weighted by molar-refractivity contribution is -0.139. The number of nitrogens with one attached hydrogen (secondary N) is 1. The number of aryl methyl sites for hydroxylation is 1. The number of hydrogen-bond donors (Lipinski definition) is 2. The molecular weight excluding hydrogens is 282 g/mol. The van der Waals surface area contributed by atoms with E-state index in [2.05, 4.69) is 5.32 Å². The van der Waals surface area contributed by atoms with Gasteiger partial charge in [0.05, 0.1) is 0 Å². The SMILES string of the molecule is Cc1ccc(CNC(C(=O)O)c2ccc3c(c2)OCO3)cc1. The Morgan fingerprint density at radius 2 is 1.91 bits per heavy atom. The van der Waals surface area contributed by atoms with Crippen molar-refractivity contribution in [1.29, 1.82) is 0 Å². The molecule has 1 aliphatic rings. The fraction of sp³-hybridized carbons (Fsp3) is 0.235. The molecule has 2 aromatic rings. The average Bonchev–Trinajstić information content (AvgIpc) is 2.96. The zero-order valence-corrected chi connectivity index (χ0v) is 12.2. The third-order valence-electron chi connectivity index (χ3n) is 3.61. The molecule has 0 aromatic heterocycles. The lowest BCUT2D eigenvalue weighted by atomic mass is 10.1. The topological polar surface area (TPSA) is 67.8 Å². The number of ether oxygens (including phenoxy) is 2. The van der Waals surface area contributed by atoms with Crippen LogP contribution in [0.4, 0.5) is 0 Å². The van der Waals surface area contributed by atoms with Gasteiger partial charge in [0, 0.05) is 6.54 Å². The molecule has 1 heterocycles. The van der Waals surface area contributed by atoms with Crippen LogP contribution in [0, 0.1) is 6.92 Å². The van der Waals surface area contributed by atoms with Crippen molar-refractivity contribution in [2.45, 2.75) is 19.5 Å². The van der Waals surface area contributed by atoms with Crippen LogP contribution >= 0.6 is 0 Å². The Bertz CT molecular complexity index is 682. The number of carboxylic acids is 1. The number of carbonyl (C=O) groups is 1. The number of rotatable bonds is 5. The molecule has 2 aromatic carbocycles. The van der Waals surface area contributed by atoms with Crippen LogP contribution in [0.3, 0.4) is 0 Å². The van der Waals surface area contributed by atoms with Gasteiger partial charge in [-0.05, 0) is 30.2 Å². The van der Waals surface area contributed by atoms with Gasteiger partial charge in [-0.2, -0.15) is 0 Å². The highest BCUT2D eigenvalue weighted by Gasteiger charge is 2.22. The molecule has 0 radical (unpaired) electrons. The van der Waals surface area contributed by atoms with Crippen LogP contribution < -0.4 is 14.8 Å². The maximum atomic E-state index is 11.5. The Morgan fingerprint density at radius 3 is 2.64 bits per heavy atom. The standard InChI is InChI=1S/C17H17NO4/c1-11-2-4-12(5-3-11)9-18-16(17(19)20)13-6-7-14-15(8-13)22-10-21-14/h2-8,16,18H,9-10H2,1H3,(H,19,20). The van der Waals surface area contributed by atoms with Gasteiger partial charge in [0.15, 0.2) is 11.5 Å². The van der Waals surface area contributed by atoms with E-state index in [1.165, 1.54) is 5.56 Å². The van der Waals surface area contributed by atoms with Crippen molar-refractivity contribution < 1.29 is 19.4 Å². The Morgan fingerprint density at radius 1 is 1.18 bits per heavy atom. The Labute approximate surface area is 128 Å². The summed E-state index contributed by atoms with van der Waals surface area (Å²) in [6.07, 6.45) is 0. The smallest absolute Gasteiger partial charge is 0.325 e. The van der Waals surface area contributed by atoms with Crippen molar-refractivity contribution in [2.24, 2.45) is 0 Å². The highest BCUT2D eigenvalue weighted by atomic mass is 16.7. The van der Waals surface area contributed by atoms with Crippen LogP contribution in [0.1, 0.15) is 22.7 Å². The first-order chi connectivity index (χ1) is 10.6. The summed E-state index contributed by atoms with van der Waals surface area (Å²) in [6, 6.07) is 12.4. The summed E-state index contributed by atoms with van der Waals surface area (Å²) in [7, 11) is 0. The number of aliphatic carboxylic acids is 1. The molecule has 0 saturated heterocycles. The van der Waals surface area contributed by atoms with E-state index in [-0.39, 0.29) is 6.79 Å². The lowest BCUT2D eigenvalue weighted by Crippen LogP contribution is -2.28. The Hall–Kier alpha value is -2.53. The monoisotopic (exact) mass is 299 g/mol. The Kier molecular flexibility index (Phi) is 3.98. The summed E-state index contributed by atoms with van der Waals surface area (Å²) in [5, 5.41) is 12.5. The number of hydrogen-bond acceptors (Lipinski definition) is 4. The molecule has 2 N–H and O–H groups in total. The normalized spacial score (nSPS) is 13.9. The molecule has 1 aliphatic heterocycles. The summed E-state index contributed by atoms with van der Waals surface area (Å²) < 4.78 is 10.5. The predicted octanol–water partition coefficient (Wildman–Crippen LogP) is 2.64. The summed E-state index contributed by atoms with van der Waals surface area (Å²) in [6.45, 7) is 2.67. The first-order valence-corrected chi connectivity index (χ1v) is 7.05. The van der Waals surface area contributed by atoms with E-state index in [0.717, 1.165) is 5.56 Å². The van der Waals surface area contributed by atoms with Gasteiger partial charge in [0.2, 0.25) is 6.79 Å². The molecule has 0 saturated carbocycles. The second-order valence-electron chi connectivity index (χ2n) is 5.25.